The van der Waals surface area contributed by atoms with E-state index in [4.69, 9.17) is 0 Å². The van der Waals surface area contributed by atoms with Gasteiger partial charge in [0.25, 0.3) is 0 Å². The second-order valence-corrected chi connectivity index (χ2v) is 4.26. The van der Waals surface area contributed by atoms with Gasteiger partial charge in [-0.2, -0.15) is 0 Å². The minimum atomic E-state index is 0.777. The average molecular weight is 183 g/mol. The van der Waals surface area contributed by atoms with Gasteiger partial charge in [0, 0.05) is 0 Å². The monoisotopic (exact) mass is 183 g/mol. The topological polar surface area (TPSA) is 12.0 Å². The molecule has 0 fully saturated rings. The second kappa shape index (κ2) is 7.14. The van der Waals surface area contributed by atoms with Crippen LogP contribution in [0.4, 0.5) is 0 Å². The molecule has 0 aliphatic heterocycles. The van der Waals surface area contributed by atoms with Crippen LogP contribution in [0.1, 0.15) is 40.5 Å². The Hall–Kier alpha value is -0.300. The zero-order valence-electron chi connectivity index (χ0n) is 9.69. The van der Waals surface area contributed by atoms with Crippen LogP contribution in [-0.2, 0) is 0 Å². The van der Waals surface area contributed by atoms with Crippen LogP contribution in [0.3, 0.4) is 0 Å². The molecular formula is C12H25N. The molecule has 0 aliphatic carbocycles. The van der Waals surface area contributed by atoms with Crippen molar-refractivity contribution in [1.82, 2.24) is 5.32 Å². The molecule has 0 spiro atoms. The Balaban J connectivity index is 3.56. The summed E-state index contributed by atoms with van der Waals surface area (Å²) >= 11 is 0. The lowest BCUT2D eigenvalue weighted by Crippen LogP contribution is -2.24. The van der Waals surface area contributed by atoms with E-state index in [1.54, 1.807) is 0 Å². The molecule has 0 amide bonds. The third-order valence-electron chi connectivity index (χ3n) is 2.71. The average Bonchev–Trinajstić information content (AvgIpc) is 2.10. The van der Waals surface area contributed by atoms with Crippen LogP contribution in [0, 0.1) is 11.8 Å². The fourth-order valence-electron chi connectivity index (χ4n) is 1.33. The Morgan fingerprint density at radius 3 is 2.38 bits per heavy atom. The van der Waals surface area contributed by atoms with E-state index < -0.39 is 0 Å². The highest BCUT2D eigenvalue weighted by molar-refractivity contribution is 4.88. The van der Waals surface area contributed by atoms with Crippen LogP contribution < -0.4 is 5.32 Å². The number of hydrogen-bond acceptors (Lipinski definition) is 1. The normalized spacial score (nSPS) is 15.4. The standard InChI is InChI=1S/C12H25N/c1-6-13-9-12(5)11(4)8-7-10(2)3/h11-13H,2,6-9H2,1,3-5H3. The predicted octanol–water partition coefficient (Wildman–Crippen LogP) is 3.22. The fraction of sp³-hybridized carbons (Fsp3) is 0.833. The van der Waals surface area contributed by atoms with Crippen LogP contribution in [0.25, 0.3) is 0 Å². The summed E-state index contributed by atoms with van der Waals surface area (Å²) in [5.41, 5.74) is 1.31. The van der Waals surface area contributed by atoms with E-state index in [2.05, 4.69) is 39.6 Å². The fourth-order valence-corrected chi connectivity index (χ4v) is 1.33. The van der Waals surface area contributed by atoms with E-state index in [0.717, 1.165) is 24.9 Å². The summed E-state index contributed by atoms with van der Waals surface area (Å²) in [5, 5.41) is 3.39. The minimum absolute atomic E-state index is 0.777. The highest BCUT2D eigenvalue weighted by atomic mass is 14.8. The van der Waals surface area contributed by atoms with Gasteiger partial charge in [-0.25, -0.2) is 0 Å². The van der Waals surface area contributed by atoms with Gasteiger partial charge in [0.05, 0.1) is 0 Å². The summed E-state index contributed by atoms with van der Waals surface area (Å²) in [6.45, 7) is 15.1. The lowest BCUT2D eigenvalue weighted by atomic mass is 9.90. The second-order valence-electron chi connectivity index (χ2n) is 4.26. The van der Waals surface area contributed by atoms with Gasteiger partial charge in [-0.05, 0) is 44.7 Å². The number of hydrogen-bond donors (Lipinski definition) is 1. The van der Waals surface area contributed by atoms with Crippen LogP contribution in [0.15, 0.2) is 12.2 Å². The van der Waals surface area contributed by atoms with E-state index in [1.165, 1.54) is 18.4 Å². The summed E-state index contributed by atoms with van der Waals surface area (Å²) < 4.78 is 0. The lowest BCUT2D eigenvalue weighted by Gasteiger charge is -2.19. The highest BCUT2D eigenvalue weighted by Gasteiger charge is 2.10. The first kappa shape index (κ1) is 12.7. The molecule has 0 aromatic heterocycles. The number of rotatable bonds is 7. The molecule has 0 aromatic carbocycles. The Bertz CT molecular complexity index is 140. The van der Waals surface area contributed by atoms with Crippen LogP contribution >= 0.6 is 0 Å². The Morgan fingerprint density at radius 1 is 1.31 bits per heavy atom. The summed E-state index contributed by atoms with van der Waals surface area (Å²) in [5.74, 6) is 1.58. The molecule has 0 aliphatic rings. The molecule has 2 unspecified atom stereocenters. The molecular weight excluding hydrogens is 158 g/mol. The molecule has 1 nitrogen and oxygen atoms in total. The Kier molecular flexibility index (Phi) is 6.97. The lowest BCUT2D eigenvalue weighted by molar-refractivity contribution is 0.350. The molecule has 0 saturated carbocycles. The van der Waals surface area contributed by atoms with Crippen molar-refractivity contribution >= 4 is 0 Å². The zero-order chi connectivity index (χ0) is 10.3. The molecule has 0 heterocycles. The van der Waals surface area contributed by atoms with Gasteiger partial charge < -0.3 is 5.32 Å². The van der Waals surface area contributed by atoms with E-state index in [1.807, 2.05) is 0 Å². The first-order chi connectivity index (χ1) is 6.07. The first-order valence-electron chi connectivity index (χ1n) is 5.43. The van der Waals surface area contributed by atoms with Crippen LogP contribution in [0.2, 0.25) is 0 Å². The third kappa shape index (κ3) is 6.83. The number of nitrogens with one attached hydrogen (secondary N) is 1. The zero-order valence-corrected chi connectivity index (χ0v) is 9.69. The molecule has 0 aromatic rings. The van der Waals surface area contributed by atoms with E-state index in [-0.39, 0.29) is 0 Å². The summed E-state index contributed by atoms with van der Waals surface area (Å²) in [6.07, 6.45) is 2.46. The van der Waals surface area contributed by atoms with E-state index in [0.29, 0.717) is 0 Å². The maximum atomic E-state index is 3.93. The van der Waals surface area contributed by atoms with Gasteiger partial charge >= 0.3 is 0 Å². The van der Waals surface area contributed by atoms with Crippen molar-refractivity contribution in [3.8, 4) is 0 Å². The number of allylic oxidation sites excluding steroid dienone is 1. The van der Waals surface area contributed by atoms with Crippen molar-refractivity contribution in [3.63, 3.8) is 0 Å². The van der Waals surface area contributed by atoms with Gasteiger partial charge in [0.15, 0.2) is 0 Å². The molecule has 1 heteroatoms. The maximum Gasteiger partial charge on any atom is -0.00207 e. The van der Waals surface area contributed by atoms with E-state index in [9.17, 15) is 0 Å². The molecule has 2 atom stereocenters. The molecule has 0 radical (unpaired) electrons. The summed E-state index contributed by atoms with van der Waals surface area (Å²) in [7, 11) is 0. The third-order valence-corrected chi connectivity index (χ3v) is 2.71. The van der Waals surface area contributed by atoms with Gasteiger partial charge in [0.2, 0.25) is 0 Å². The van der Waals surface area contributed by atoms with Crippen molar-refractivity contribution < 1.29 is 0 Å². The molecule has 78 valence electrons. The van der Waals surface area contributed by atoms with Crippen molar-refractivity contribution in [2.45, 2.75) is 40.5 Å². The van der Waals surface area contributed by atoms with Crippen molar-refractivity contribution in [3.05, 3.63) is 12.2 Å². The van der Waals surface area contributed by atoms with E-state index >= 15 is 0 Å². The molecule has 0 rings (SSSR count). The molecule has 13 heavy (non-hydrogen) atoms. The Morgan fingerprint density at radius 2 is 1.92 bits per heavy atom. The highest BCUT2D eigenvalue weighted by Crippen LogP contribution is 2.18. The van der Waals surface area contributed by atoms with Gasteiger partial charge in [-0.15, -0.1) is 6.58 Å². The van der Waals surface area contributed by atoms with Gasteiger partial charge in [0.1, 0.15) is 0 Å². The molecule has 1 N–H and O–H groups in total. The predicted molar refractivity (Wildman–Crippen MR) is 60.9 cm³/mol. The smallest absolute Gasteiger partial charge is 0.00207 e. The quantitative estimate of drug-likeness (QED) is 0.598. The largest absolute Gasteiger partial charge is 0.317 e. The van der Waals surface area contributed by atoms with Gasteiger partial charge in [-0.3, -0.25) is 0 Å². The van der Waals surface area contributed by atoms with Crippen molar-refractivity contribution in [2.75, 3.05) is 13.1 Å². The summed E-state index contributed by atoms with van der Waals surface area (Å²) in [4.78, 5) is 0. The maximum absolute atomic E-state index is 3.93. The van der Waals surface area contributed by atoms with Crippen molar-refractivity contribution in [1.29, 1.82) is 0 Å². The minimum Gasteiger partial charge on any atom is -0.317 e. The van der Waals surface area contributed by atoms with Gasteiger partial charge in [-0.1, -0.05) is 26.3 Å². The summed E-state index contributed by atoms with van der Waals surface area (Å²) in [6, 6.07) is 0. The molecule has 0 bridgehead atoms. The van der Waals surface area contributed by atoms with Crippen LogP contribution in [0.5, 0.6) is 0 Å². The molecule has 0 saturated heterocycles. The first-order valence-corrected chi connectivity index (χ1v) is 5.43. The van der Waals surface area contributed by atoms with Crippen molar-refractivity contribution in [2.24, 2.45) is 11.8 Å². The van der Waals surface area contributed by atoms with Crippen LogP contribution in [-0.4, -0.2) is 13.1 Å². The SMILES string of the molecule is C=C(C)CCC(C)C(C)CNCC. The Labute approximate surface area is 83.6 Å².